The lowest BCUT2D eigenvalue weighted by atomic mass is 10.1. The molecule has 1 heterocycles. The van der Waals surface area contributed by atoms with Gasteiger partial charge < -0.3 is 19.7 Å². The number of anilines is 1. The van der Waals surface area contributed by atoms with Crippen LogP contribution in [0.1, 0.15) is 22.3 Å². The Bertz CT molecular complexity index is 972. The molecule has 8 heteroatoms. The van der Waals surface area contributed by atoms with Crippen molar-refractivity contribution >= 4 is 23.4 Å². The van der Waals surface area contributed by atoms with Crippen LogP contribution in [0.25, 0.3) is 0 Å². The van der Waals surface area contributed by atoms with Gasteiger partial charge in [-0.2, -0.15) is 0 Å². The topological polar surface area (TPSA) is 88.2 Å². The van der Waals surface area contributed by atoms with Crippen LogP contribution < -0.4 is 14.8 Å². The molecule has 0 radical (unpaired) electrons. The number of methoxy groups -OCH3 is 2. The average molecular weight is 425 g/mol. The number of amides is 3. The van der Waals surface area contributed by atoms with E-state index >= 15 is 0 Å². The Balaban J connectivity index is 1.61. The molecule has 0 aliphatic carbocycles. The van der Waals surface area contributed by atoms with Gasteiger partial charge in [-0.1, -0.05) is 6.07 Å². The van der Waals surface area contributed by atoms with Gasteiger partial charge in [-0.25, -0.2) is 0 Å². The summed E-state index contributed by atoms with van der Waals surface area (Å²) in [6, 6.07) is 11.8. The number of benzene rings is 2. The maximum Gasteiger partial charge on any atom is 0.253 e. The SMILES string of the molecule is COc1ccc(CCN2C(=O)CC(Nc3ccc(C(=O)N(C)C)cc3)C2=O)cc1OC. The van der Waals surface area contributed by atoms with Crippen molar-refractivity contribution in [1.82, 2.24) is 9.80 Å². The van der Waals surface area contributed by atoms with Crippen LogP contribution in [-0.4, -0.2) is 68.4 Å². The minimum Gasteiger partial charge on any atom is -0.493 e. The second-order valence-corrected chi connectivity index (χ2v) is 7.50. The smallest absolute Gasteiger partial charge is 0.253 e. The fourth-order valence-corrected chi connectivity index (χ4v) is 3.48. The van der Waals surface area contributed by atoms with Crippen molar-refractivity contribution in [1.29, 1.82) is 0 Å². The lowest BCUT2D eigenvalue weighted by molar-refractivity contribution is -0.138. The average Bonchev–Trinajstić information content (AvgIpc) is 3.04. The molecule has 1 saturated heterocycles. The molecular formula is C23H27N3O5. The molecular weight excluding hydrogens is 398 g/mol. The van der Waals surface area contributed by atoms with E-state index in [0.29, 0.717) is 35.7 Å². The van der Waals surface area contributed by atoms with Gasteiger partial charge in [-0.15, -0.1) is 0 Å². The van der Waals surface area contributed by atoms with E-state index in [-0.39, 0.29) is 24.1 Å². The summed E-state index contributed by atoms with van der Waals surface area (Å²) in [4.78, 5) is 40.0. The number of likely N-dealkylation sites (tertiary alicyclic amines) is 1. The fraction of sp³-hybridized carbons (Fsp3) is 0.348. The highest BCUT2D eigenvalue weighted by Gasteiger charge is 2.38. The predicted octanol–water partition coefficient (Wildman–Crippen LogP) is 2.19. The van der Waals surface area contributed by atoms with Crippen LogP contribution in [0, 0.1) is 0 Å². The quantitative estimate of drug-likeness (QED) is 0.653. The van der Waals surface area contributed by atoms with E-state index in [9.17, 15) is 14.4 Å². The maximum atomic E-state index is 12.8. The van der Waals surface area contributed by atoms with E-state index in [2.05, 4.69) is 5.32 Å². The molecule has 164 valence electrons. The number of rotatable bonds is 8. The zero-order valence-electron chi connectivity index (χ0n) is 18.2. The Hall–Kier alpha value is -3.55. The van der Waals surface area contributed by atoms with Crippen LogP contribution in [0.5, 0.6) is 11.5 Å². The van der Waals surface area contributed by atoms with Gasteiger partial charge in [0.1, 0.15) is 6.04 Å². The number of hydrogen-bond acceptors (Lipinski definition) is 6. The van der Waals surface area contributed by atoms with Crippen molar-refractivity contribution < 1.29 is 23.9 Å². The second kappa shape index (κ2) is 9.51. The first-order chi connectivity index (χ1) is 14.8. The van der Waals surface area contributed by atoms with Gasteiger partial charge in [-0.3, -0.25) is 19.3 Å². The molecule has 0 bridgehead atoms. The second-order valence-electron chi connectivity index (χ2n) is 7.50. The molecule has 1 N–H and O–H groups in total. The molecule has 1 aliphatic heterocycles. The van der Waals surface area contributed by atoms with Gasteiger partial charge in [0.25, 0.3) is 11.8 Å². The van der Waals surface area contributed by atoms with Crippen molar-refractivity contribution in [3.05, 3.63) is 53.6 Å². The number of imide groups is 1. The highest BCUT2D eigenvalue weighted by Crippen LogP contribution is 2.28. The molecule has 3 amide bonds. The van der Waals surface area contributed by atoms with Crippen LogP contribution in [0.15, 0.2) is 42.5 Å². The summed E-state index contributed by atoms with van der Waals surface area (Å²) < 4.78 is 10.5. The third-order valence-corrected chi connectivity index (χ3v) is 5.19. The van der Waals surface area contributed by atoms with Crippen molar-refractivity contribution in [2.24, 2.45) is 0 Å². The molecule has 1 unspecified atom stereocenters. The highest BCUT2D eigenvalue weighted by atomic mass is 16.5. The fourth-order valence-electron chi connectivity index (χ4n) is 3.48. The van der Waals surface area contributed by atoms with Crippen LogP contribution >= 0.6 is 0 Å². The first-order valence-electron chi connectivity index (χ1n) is 9.97. The number of ether oxygens (including phenoxy) is 2. The number of hydrogen-bond donors (Lipinski definition) is 1. The molecule has 1 atom stereocenters. The number of nitrogens with one attached hydrogen (secondary N) is 1. The molecule has 1 fully saturated rings. The minimum absolute atomic E-state index is 0.0972. The lowest BCUT2D eigenvalue weighted by Gasteiger charge is -2.17. The van der Waals surface area contributed by atoms with Gasteiger partial charge >= 0.3 is 0 Å². The third kappa shape index (κ3) is 4.96. The van der Waals surface area contributed by atoms with Gasteiger partial charge in [0.05, 0.1) is 20.6 Å². The van der Waals surface area contributed by atoms with Gasteiger partial charge in [0, 0.05) is 31.9 Å². The summed E-state index contributed by atoms with van der Waals surface area (Å²) in [5.74, 6) is 0.679. The molecule has 2 aromatic carbocycles. The zero-order valence-corrected chi connectivity index (χ0v) is 18.2. The summed E-state index contributed by atoms with van der Waals surface area (Å²) >= 11 is 0. The third-order valence-electron chi connectivity index (χ3n) is 5.19. The molecule has 31 heavy (non-hydrogen) atoms. The van der Waals surface area contributed by atoms with E-state index in [1.54, 1.807) is 58.6 Å². The first kappa shape index (κ1) is 22.1. The van der Waals surface area contributed by atoms with E-state index in [0.717, 1.165) is 5.56 Å². The Morgan fingerprint density at radius 3 is 2.35 bits per heavy atom. The molecule has 3 rings (SSSR count). The molecule has 1 aliphatic rings. The summed E-state index contributed by atoms with van der Waals surface area (Å²) in [6.45, 7) is 0.293. The van der Waals surface area contributed by atoms with Gasteiger partial charge in [0.15, 0.2) is 11.5 Å². The standard InChI is InChI=1S/C23H27N3O5/c1-25(2)22(28)16-6-8-17(9-7-16)24-18-14-21(27)26(23(18)29)12-11-15-5-10-19(30-3)20(13-15)31-4/h5-10,13,18,24H,11-12,14H2,1-4H3. The Labute approximate surface area is 181 Å². The minimum atomic E-state index is -0.617. The molecule has 0 aromatic heterocycles. The van der Waals surface area contributed by atoms with E-state index in [1.165, 1.54) is 9.80 Å². The van der Waals surface area contributed by atoms with Crippen LogP contribution in [0.4, 0.5) is 5.69 Å². The predicted molar refractivity (Wildman–Crippen MR) is 116 cm³/mol. The highest BCUT2D eigenvalue weighted by molar-refractivity contribution is 6.06. The van der Waals surface area contributed by atoms with Crippen molar-refractivity contribution in [2.75, 3.05) is 40.2 Å². The summed E-state index contributed by atoms with van der Waals surface area (Å²) in [5.41, 5.74) is 2.18. The monoisotopic (exact) mass is 425 g/mol. The van der Waals surface area contributed by atoms with Crippen LogP contribution in [0.2, 0.25) is 0 Å². The number of carbonyl (C=O) groups excluding carboxylic acids is 3. The van der Waals surface area contributed by atoms with Gasteiger partial charge in [0.2, 0.25) is 5.91 Å². The maximum absolute atomic E-state index is 12.8. The van der Waals surface area contributed by atoms with E-state index in [1.807, 2.05) is 12.1 Å². The first-order valence-corrected chi connectivity index (χ1v) is 9.97. The summed E-state index contributed by atoms with van der Waals surface area (Å²) in [6.07, 6.45) is 0.620. The summed E-state index contributed by atoms with van der Waals surface area (Å²) in [7, 11) is 6.51. The van der Waals surface area contributed by atoms with E-state index < -0.39 is 6.04 Å². The largest absolute Gasteiger partial charge is 0.493 e. The normalized spacial score (nSPS) is 15.7. The van der Waals surface area contributed by atoms with E-state index in [4.69, 9.17) is 9.47 Å². The van der Waals surface area contributed by atoms with Crippen molar-refractivity contribution in [3.63, 3.8) is 0 Å². The van der Waals surface area contributed by atoms with Crippen molar-refractivity contribution in [2.45, 2.75) is 18.9 Å². The molecule has 2 aromatic rings. The van der Waals surface area contributed by atoms with Crippen LogP contribution in [-0.2, 0) is 16.0 Å². The molecule has 8 nitrogen and oxygen atoms in total. The summed E-state index contributed by atoms with van der Waals surface area (Å²) in [5, 5.41) is 3.10. The Kier molecular flexibility index (Phi) is 6.79. The Morgan fingerprint density at radius 2 is 1.74 bits per heavy atom. The number of carbonyl (C=O) groups is 3. The molecule has 0 saturated carbocycles. The van der Waals surface area contributed by atoms with Crippen molar-refractivity contribution in [3.8, 4) is 11.5 Å². The number of nitrogens with zero attached hydrogens (tertiary/aromatic N) is 2. The van der Waals surface area contributed by atoms with Crippen LogP contribution in [0.3, 0.4) is 0 Å². The zero-order chi connectivity index (χ0) is 22.5. The lowest BCUT2D eigenvalue weighted by Crippen LogP contribution is -2.36. The van der Waals surface area contributed by atoms with Gasteiger partial charge in [-0.05, 0) is 48.4 Å². The molecule has 0 spiro atoms. The Morgan fingerprint density at radius 1 is 1.06 bits per heavy atom.